The Morgan fingerprint density at radius 1 is 0.878 bits per heavy atom. The summed E-state index contributed by atoms with van der Waals surface area (Å²) in [6.45, 7) is 8.12. The van der Waals surface area contributed by atoms with E-state index in [1.807, 2.05) is 6.07 Å². The van der Waals surface area contributed by atoms with E-state index in [4.69, 9.17) is 14.2 Å². The van der Waals surface area contributed by atoms with Crippen LogP contribution in [-0.4, -0.2) is 77.8 Å². The highest BCUT2D eigenvalue weighted by molar-refractivity contribution is 5.97. The number of halogens is 2. The summed E-state index contributed by atoms with van der Waals surface area (Å²) in [6.07, 6.45) is 3.68. The minimum absolute atomic E-state index is 0.0490. The first kappa shape index (κ1) is 28.1. The Balaban J connectivity index is 1.33. The number of amides is 1. The average Bonchev–Trinajstić information content (AvgIpc) is 2.99. The Morgan fingerprint density at radius 3 is 2.15 bits per heavy atom. The summed E-state index contributed by atoms with van der Waals surface area (Å²) < 4.78 is 46.1. The molecule has 5 rings (SSSR count). The molecule has 2 aromatic carbocycles. The number of rotatable bonds is 8. The highest BCUT2D eigenvalue weighted by Gasteiger charge is 2.25. The highest BCUT2D eigenvalue weighted by Crippen LogP contribution is 2.41. The van der Waals surface area contributed by atoms with Crippen molar-refractivity contribution >= 4 is 22.9 Å². The second kappa shape index (κ2) is 12.4. The molecule has 0 bridgehead atoms. The van der Waals surface area contributed by atoms with Crippen LogP contribution in [0.4, 0.5) is 19.4 Å². The normalized spacial score (nSPS) is 14.2. The fourth-order valence-electron chi connectivity index (χ4n) is 4.78. The van der Waals surface area contributed by atoms with Crippen molar-refractivity contribution in [3.63, 3.8) is 0 Å². The third-order valence-electron chi connectivity index (χ3n) is 7.01. The second-order valence-corrected chi connectivity index (χ2v) is 9.43. The van der Waals surface area contributed by atoms with Gasteiger partial charge in [0.15, 0.2) is 28.9 Å². The summed E-state index contributed by atoms with van der Waals surface area (Å²) in [4.78, 5) is 30.4. The van der Waals surface area contributed by atoms with Crippen molar-refractivity contribution in [3.05, 3.63) is 66.1 Å². The molecule has 0 spiro atoms. The number of carbonyl (C=O) groups is 1. The first-order valence-corrected chi connectivity index (χ1v) is 13.1. The largest absolute Gasteiger partial charge is 0.494 e. The topological polar surface area (TPSA) is 102 Å². The van der Waals surface area contributed by atoms with Gasteiger partial charge < -0.3 is 19.1 Å². The molecule has 214 valence electrons. The molecular formula is C29H30F2N6O4. The SMILES string of the molecule is CCN1CCN(Cc2ccc(NC(=O)Oc3ccc(-c4c(F)c(OC)cc(OC)c4F)c4nccnc34)nc2)CC1. The van der Waals surface area contributed by atoms with Crippen molar-refractivity contribution in [2.75, 3.05) is 52.3 Å². The predicted molar refractivity (Wildman–Crippen MR) is 149 cm³/mol. The molecule has 12 heteroatoms. The van der Waals surface area contributed by atoms with E-state index in [0.29, 0.717) is 5.82 Å². The van der Waals surface area contributed by atoms with Crippen LogP contribution in [0.2, 0.25) is 0 Å². The molecule has 41 heavy (non-hydrogen) atoms. The minimum atomic E-state index is -0.929. The standard InChI is InChI=1S/C29H30F2N6O4/c1-4-36-11-13-37(14-12-36)17-18-5-8-23(34-16-18)35-29(38)41-20-7-6-19(27-28(20)33-10-9-32-27)24-25(30)21(39-2)15-22(40-3)26(24)31/h5-10,15-16H,4,11-14,17H2,1-3H3,(H,34,35,38). The van der Waals surface area contributed by atoms with E-state index in [9.17, 15) is 4.79 Å². The maximum atomic E-state index is 15.2. The van der Waals surface area contributed by atoms with Crippen molar-refractivity contribution in [1.29, 1.82) is 0 Å². The molecule has 4 aromatic rings. The summed E-state index contributed by atoms with van der Waals surface area (Å²) in [5.74, 6) is -1.90. The van der Waals surface area contributed by atoms with Crippen LogP contribution >= 0.6 is 0 Å². The van der Waals surface area contributed by atoms with Crippen LogP contribution in [0.1, 0.15) is 12.5 Å². The molecular weight excluding hydrogens is 534 g/mol. The molecule has 10 nitrogen and oxygen atoms in total. The van der Waals surface area contributed by atoms with Gasteiger partial charge in [0.25, 0.3) is 0 Å². The summed E-state index contributed by atoms with van der Waals surface area (Å²) in [5, 5.41) is 2.60. The Bertz CT molecular complexity index is 1520. The van der Waals surface area contributed by atoms with Crippen molar-refractivity contribution in [2.45, 2.75) is 13.5 Å². The van der Waals surface area contributed by atoms with E-state index in [2.05, 4.69) is 37.0 Å². The van der Waals surface area contributed by atoms with E-state index >= 15 is 8.78 Å². The molecule has 1 saturated heterocycles. The van der Waals surface area contributed by atoms with Gasteiger partial charge in [0.05, 0.1) is 19.8 Å². The number of methoxy groups -OCH3 is 2. The Morgan fingerprint density at radius 2 is 1.54 bits per heavy atom. The van der Waals surface area contributed by atoms with Crippen LogP contribution in [0.25, 0.3) is 22.2 Å². The van der Waals surface area contributed by atoms with Gasteiger partial charge in [0.1, 0.15) is 16.9 Å². The number of carbonyl (C=O) groups excluding carboxylic acids is 1. The summed E-state index contributed by atoms with van der Waals surface area (Å²) >= 11 is 0. The number of nitrogens with one attached hydrogen (secondary N) is 1. The van der Waals surface area contributed by atoms with Gasteiger partial charge in [-0.15, -0.1) is 0 Å². The van der Waals surface area contributed by atoms with Crippen LogP contribution in [0.3, 0.4) is 0 Å². The molecule has 0 atom stereocenters. The van der Waals surface area contributed by atoms with Gasteiger partial charge in [0.2, 0.25) is 0 Å². The van der Waals surface area contributed by atoms with Crippen LogP contribution in [0, 0.1) is 11.6 Å². The molecule has 1 aliphatic heterocycles. The van der Waals surface area contributed by atoms with Crippen molar-refractivity contribution in [1.82, 2.24) is 24.8 Å². The lowest BCUT2D eigenvalue weighted by Gasteiger charge is -2.33. The number of nitrogens with zero attached hydrogens (tertiary/aromatic N) is 5. The molecule has 3 heterocycles. The molecule has 1 amide bonds. The third kappa shape index (κ3) is 6.03. The van der Waals surface area contributed by atoms with Crippen molar-refractivity contribution in [2.24, 2.45) is 0 Å². The second-order valence-electron chi connectivity index (χ2n) is 9.43. The minimum Gasteiger partial charge on any atom is -0.494 e. The lowest BCUT2D eigenvalue weighted by molar-refractivity contribution is 0.132. The smallest absolute Gasteiger partial charge is 0.418 e. The van der Waals surface area contributed by atoms with Gasteiger partial charge in [-0.3, -0.25) is 15.2 Å². The van der Waals surface area contributed by atoms with Crippen LogP contribution in [0.15, 0.2) is 48.9 Å². The molecule has 1 N–H and O–H groups in total. The zero-order valence-electron chi connectivity index (χ0n) is 23.0. The molecule has 0 saturated carbocycles. The van der Waals surface area contributed by atoms with Gasteiger partial charge in [-0.05, 0) is 30.3 Å². The van der Waals surface area contributed by atoms with Gasteiger partial charge in [0, 0.05) is 62.9 Å². The molecule has 0 aliphatic carbocycles. The summed E-state index contributed by atoms with van der Waals surface area (Å²) in [6, 6.07) is 7.54. The number of pyridine rings is 1. The highest BCUT2D eigenvalue weighted by atomic mass is 19.1. The maximum absolute atomic E-state index is 15.2. The van der Waals surface area contributed by atoms with Crippen molar-refractivity contribution in [3.8, 4) is 28.4 Å². The van der Waals surface area contributed by atoms with Crippen LogP contribution < -0.4 is 19.5 Å². The number of hydrogen-bond acceptors (Lipinski definition) is 9. The van der Waals surface area contributed by atoms with E-state index in [-0.39, 0.29) is 33.8 Å². The van der Waals surface area contributed by atoms with Crippen LogP contribution in [-0.2, 0) is 6.54 Å². The van der Waals surface area contributed by atoms with E-state index < -0.39 is 23.3 Å². The molecule has 1 fully saturated rings. The Labute approximate surface area is 235 Å². The van der Waals surface area contributed by atoms with Crippen molar-refractivity contribution < 1.29 is 27.8 Å². The van der Waals surface area contributed by atoms with E-state index in [1.54, 1.807) is 12.3 Å². The van der Waals surface area contributed by atoms with Gasteiger partial charge in [-0.2, -0.15) is 0 Å². The number of benzene rings is 2. The number of piperazine rings is 1. The van der Waals surface area contributed by atoms with E-state index in [0.717, 1.165) is 50.9 Å². The molecule has 0 unspecified atom stereocenters. The monoisotopic (exact) mass is 564 g/mol. The van der Waals surface area contributed by atoms with Gasteiger partial charge >= 0.3 is 6.09 Å². The Kier molecular flexibility index (Phi) is 8.50. The molecule has 2 aromatic heterocycles. The van der Waals surface area contributed by atoms with Crippen LogP contribution in [0.5, 0.6) is 17.2 Å². The lowest BCUT2D eigenvalue weighted by Crippen LogP contribution is -2.45. The lowest BCUT2D eigenvalue weighted by atomic mass is 10.0. The predicted octanol–water partition coefficient (Wildman–Crippen LogP) is 4.74. The first-order valence-electron chi connectivity index (χ1n) is 13.1. The summed E-state index contributed by atoms with van der Waals surface area (Å²) in [5.41, 5.74) is 0.973. The zero-order chi connectivity index (χ0) is 28.9. The van der Waals surface area contributed by atoms with Gasteiger partial charge in [-0.25, -0.2) is 23.5 Å². The Hall–Kier alpha value is -4.42. The zero-order valence-corrected chi connectivity index (χ0v) is 23.0. The van der Waals surface area contributed by atoms with Gasteiger partial charge in [-0.1, -0.05) is 13.0 Å². The number of anilines is 1. The number of fused-ring (bicyclic) bond motifs is 1. The third-order valence-corrected chi connectivity index (χ3v) is 7.01. The molecule has 0 radical (unpaired) electrons. The maximum Gasteiger partial charge on any atom is 0.418 e. The summed E-state index contributed by atoms with van der Waals surface area (Å²) in [7, 11) is 2.54. The fourth-order valence-corrected chi connectivity index (χ4v) is 4.78. The average molecular weight is 565 g/mol. The quantitative estimate of drug-likeness (QED) is 0.325. The fraction of sp³-hybridized carbons (Fsp3) is 0.310. The first-order chi connectivity index (χ1) is 19.9. The number of hydrogen-bond donors (Lipinski definition) is 1. The van der Waals surface area contributed by atoms with E-state index in [1.165, 1.54) is 38.7 Å². The number of aromatic nitrogens is 3. The molecule has 1 aliphatic rings. The number of likely N-dealkylation sites (N-methyl/N-ethyl adjacent to an activating group) is 1. The number of ether oxygens (including phenoxy) is 3.